The van der Waals surface area contributed by atoms with Crippen molar-refractivity contribution in [1.82, 2.24) is 4.90 Å². The van der Waals surface area contributed by atoms with E-state index in [4.69, 9.17) is 0 Å². The van der Waals surface area contributed by atoms with Gasteiger partial charge in [0, 0.05) is 18.7 Å². The van der Waals surface area contributed by atoms with Crippen LogP contribution in [0, 0.1) is 0 Å². The maximum absolute atomic E-state index is 12.2. The number of nitrogens with zero attached hydrogens (tertiary/aromatic N) is 1. The van der Waals surface area contributed by atoms with Gasteiger partial charge < -0.3 is 10.0 Å². The Bertz CT molecular complexity index is 477. The van der Waals surface area contributed by atoms with Crippen LogP contribution in [0.4, 0.5) is 0 Å². The fourth-order valence-electron chi connectivity index (χ4n) is 2.77. The molecule has 3 heteroatoms. The van der Waals surface area contributed by atoms with Crippen molar-refractivity contribution in [2.45, 2.75) is 45.3 Å². The van der Waals surface area contributed by atoms with Crippen molar-refractivity contribution in [1.29, 1.82) is 0 Å². The molecule has 1 aliphatic heterocycles. The fourth-order valence-corrected chi connectivity index (χ4v) is 2.77. The molecule has 1 N–H and O–H groups in total. The number of hydrogen-bond donors (Lipinski definition) is 1. The molecule has 20 heavy (non-hydrogen) atoms. The van der Waals surface area contributed by atoms with Crippen molar-refractivity contribution >= 4 is 5.91 Å². The average molecular weight is 273 g/mol. The molecule has 1 aliphatic rings. The summed E-state index contributed by atoms with van der Waals surface area (Å²) in [6.45, 7) is 4.67. The highest BCUT2D eigenvalue weighted by atomic mass is 16.3. The van der Waals surface area contributed by atoms with Crippen LogP contribution < -0.4 is 0 Å². The van der Waals surface area contributed by atoms with Crippen LogP contribution in [0.2, 0.25) is 0 Å². The number of carbonyl (C=O) groups is 1. The molecule has 0 radical (unpaired) electrons. The van der Waals surface area contributed by atoms with Gasteiger partial charge in [0.1, 0.15) is 0 Å². The number of allylic oxidation sites excluding steroid dienone is 1. The number of rotatable bonds is 4. The average Bonchev–Trinajstić information content (AvgIpc) is 2.87. The van der Waals surface area contributed by atoms with E-state index in [0.717, 1.165) is 30.5 Å². The van der Waals surface area contributed by atoms with Gasteiger partial charge in [0.15, 0.2) is 0 Å². The van der Waals surface area contributed by atoms with E-state index in [1.807, 2.05) is 49.1 Å². The van der Waals surface area contributed by atoms with Crippen LogP contribution in [-0.2, 0) is 4.79 Å². The second kappa shape index (κ2) is 6.71. The summed E-state index contributed by atoms with van der Waals surface area (Å²) in [6.07, 6.45) is 3.81. The van der Waals surface area contributed by atoms with Crippen LogP contribution in [0.5, 0.6) is 0 Å². The van der Waals surface area contributed by atoms with Crippen LogP contribution in [0.15, 0.2) is 42.0 Å². The molecule has 1 heterocycles. The van der Waals surface area contributed by atoms with Gasteiger partial charge in [0.2, 0.25) is 5.91 Å². The number of benzene rings is 1. The Morgan fingerprint density at radius 1 is 1.40 bits per heavy atom. The van der Waals surface area contributed by atoms with E-state index < -0.39 is 6.10 Å². The molecule has 3 nitrogen and oxygen atoms in total. The van der Waals surface area contributed by atoms with Gasteiger partial charge in [-0.15, -0.1) is 0 Å². The molecule has 0 spiro atoms. The lowest BCUT2D eigenvalue weighted by atomic mass is 10.0. The first-order valence-corrected chi connectivity index (χ1v) is 7.26. The van der Waals surface area contributed by atoms with Crippen molar-refractivity contribution in [3.05, 3.63) is 47.5 Å². The van der Waals surface area contributed by atoms with Gasteiger partial charge in [0.05, 0.1) is 6.10 Å². The third-order valence-corrected chi connectivity index (χ3v) is 3.75. The van der Waals surface area contributed by atoms with Crippen LogP contribution >= 0.6 is 0 Å². The summed E-state index contributed by atoms with van der Waals surface area (Å²) in [6, 6.07) is 9.81. The summed E-state index contributed by atoms with van der Waals surface area (Å²) in [5.74, 6) is 0.0766. The van der Waals surface area contributed by atoms with Crippen LogP contribution in [0.25, 0.3) is 0 Å². The number of aliphatic hydroxyl groups excluding tert-OH is 1. The van der Waals surface area contributed by atoms with E-state index in [0.29, 0.717) is 6.42 Å². The second-order valence-electron chi connectivity index (χ2n) is 5.71. The predicted molar refractivity (Wildman–Crippen MR) is 80.2 cm³/mol. The lowest BCUT2D eigenvalue weighted by Crippen LogP contribution is -2.35. The normalized spacial score (nSPS) is 19.8. The third kappa shape index (κ3) is 3.70. The third-order valence-electron chi connectivity index (χ3n) is 3.75. The number of likely N-dealkylation sites (tertiary alicyclic amines) is 1. The molecular weight excluding hydrogens is 250 g/mol. The van der Waals surface area contributed by atoms with Gasteiger partial charge in [-0.3, -0.25) is 4.79 Å². The minimum atomic E-state index is -0.499. The Balaban J connectivity index is 2.01. The van der Waals surface area contributed by atoms with E-state index >= 15 is 0 Å². The molecular formula is C17H23NO2. The van der Waals surface area contributed by atoms with Crippen LogP contribution in [0.3, 0.4) is 0 Å². The molecule has 2 atom stereocenters. The first-order valence-electron chi connectivity index (χ1n) is 7.26. The minimum absolute atomic E-state index is 0.0766. The smallest absolute Gasteiger partial charge is 0.246 e. The first kappa shape index (κ1) is 14.8. The maximum Gasteiger partial charge on any atom is 0.246 e. The molecule has 108 valence electrons. The van der Waals surface area contributed by atoms with Gasteiger partial charge in [0.25, 0.3) is 0 Å². The van der Waals surface area contributed by atoms with Crippen molar-refractivity contribution in [2.24, 2.45) is 0 Å². The summed E-state index contributed by atoms with van der Waals surface area (Å²) < 4.78 is 0. The summed E-state index contributed by atoms with van der Waals surface area (Å²) >= 11 is 0. The Kier molecular flexibility index (Phi) is 4.96. The highest BCUT2D eigenvalue weighted by molar-refractivity contribution is 5.88. The van der Waals surface area contributed by atoms with E-state index in [9.17, 15) is 9.90 Å². The van der Waals surface area contributed by atoms with Gasteiger partial charge in [-0.2, -0.15) is 0 Å². The molecule has 1 fully saturated rings. The van der Waals surface area contributed by atoms with Crippen LogP contribution in [0.1, 0.15) is 44.8 Å². The molecule has 0 aliphatic carbocycles. The van der Waals surface area contributed by atoms with Crippen LogP contribution in [-0.4, -0.2) is 28.5 Å². The zero-order valence-corrected chi connectivity index (χ0v) is 12.2. The monoisotopic (exact) mass is 273 g/mol. The highest BCUT2D eigenvalue weighted by Gasteiger charge is 2.29. The summed E-state index contributed by atoms with van der Waals surface area (Å²) in [5, 5.41) is 10.3. The standard InChI is InChI=1S/C17H23NO2/c1-13(2)11-17(20)18-10-6-9-15(18)12-16(19)14-7-4-3-5-8-14/h3-5,7-8,11,15-16,19H,6,9-10,12H2,1-2H3. The van der Waals surface area contributed by atoms with E-state index in [1.54, 1.807) is 6.08 Å². The predicted octanol–water partition coefficient (Wildman–Crippen LogP) is 3.07. The molecule has 0 saturated carbocycles. The summed E-state index contributed by atoms with van der Waals surface area (Å²) in [5.41, 5.74) is 1.94. The summed E-state index contributed by atoms with van der Waals surface area (Å²) in [4.78, 5) is 14.1. The van der Waals surface area contributed by atoms with Gasteiger partial charge in [-0.05, 0) is 38.7 Å². The lowest BCUT2D eigenvalue weighted by Gasteiger charge is -2.26. The molecule has 1 aromatic carbocycles. The molecule has 2 rings (SSSR count). The SMILES string of the molecule is CC(C)=CC(=O)N1CCCC1CC(O)c1ccccc1. The van der Waals surface area contributed by atoms with Crippen molar-refractivity contribution in [2.75, 3.05) is 6.54 Å². The molecule has 2 unspecified atom stereocenters. The lowest BCUT2D eigenvalue weighted by molar-refractivity contribution is -0.127. The highest BCUT2D eigenvalue weighted by Crippen LogP contribution is 2.27. The van der Waals surface area contributed by atoms with Gasteiger partial charge in [-0.25, -0.2) is 0 Å². The number of amides is 1. The van der Waals surface area contributed by atoms with Gasteiger partial charge >= 0.3 is 0 Å². The Morgan fingerprint density at radius 2 is 2.10 bits per heavy atom. The molecule has 1 saturated heterocycles. The van der Waals surface area contributed by atoms with Crippen molar-refractivity contribution in [3.63, 3.8) is 0 Å². The quantitative estimate of drug-likeness (QED) is 0.856. The van der Waals surface area contributed by atoms with Gasteiger partial charge in [-0.1, -0.05) is 35.9 Å². The van der Waals surface area contributed by atoms with E-state index in [1.165, 1.54) is 0 Å². The maximum atomic E-state index is 12.2. The zero-order valence-electron chi connectivity index (χ0n) is 12.2. The topological polar surface area (TPSA) is 40.5 Å². The van der Waals surface area contributed by atoms with E-state index in [-0.39, 0.29) is 11.9 Å². The summed E-state index contributed by atoms with van der Waals surface area (Å²) in [7, 11) is 0. The molecule has 1 aromatic rings. The molecule has 1 amide bonds. The number of hydrogen-bond acceptors (Lipinski definition) is 2. The van der Waals surface area contributed by atoms with Crippen molar-refractivity contribution in [3.8, 4) is 0 Å². The Hall–Kier alpha value is -1.61. The minimum Gasteiger partial charge on any atom is -0.388 e. The van der Waals surface area contributed by atoms with Crippen molar-refractivity contribution < 1.29 is 9.90 Å². The number of aliphatic hydroxyl groups is 1. The van der Waals surface area contributed by atoms with E-state index in [2.05, 4.69) is 0 Å². The Morgan fingerprint density at radius 3 is 2.75 bits per heavy atom. The molecule has 0 aromatic heterocycles. The number of carbonyl (C=O) groups excluding carboxylic acids is 1. The molecule has 0 bridgehead atoms. The largest absolute Gasteiger partial charge is 0.388 e. The fraction of sp³-hybridized carbons (Fsp3) is 0.471. The first-order chi connectivity index (χ1) is 9.58. The zero-order chi connectivity index (χ0) is 14.5. The second-order valence-corrected chi connectivity index (χ2v) is 5.71. The Labute approximate surface area is 120 Å².